The van der Waals surface area contributed by atoms with Crippen LogP contribution in [-0.2, 0) is 14.8 Å². The predicted molar refractivity (Wildman–Crippen MR) is 79.1 cm³/mol. The van der Waals surface area contributed by atoms with Crippen LogP contribution in [0.15, 0.2) is 29.2 Å². The zero-order valence-corrected chi connectivity index (χ0v) is 13.5. The van der Waals surface area contributed by atoms with Gasteiger partial charge in [0.05, 0.1) is 11.5 Å². The highest BCUT2D eigenvalue weighted by Gasteiger charge is 2.72. The van der Waals surface area contributed by atoms with Gasteiger partial charge in [-0.25, -0.2) is 8.42 Å². The third kappa shape index (κ3) is 1.71. The average molecular weight is 307 g/mol. The molecule has 1 saturated carbocycles. The quantitative estimate of drug-likeness (QED) is 0.843. The molecule has 0 radical (unpaired) electrons. The monoisotopic (exact) mass is 307 g/mol. The van der Waals surface area contributed by atoms with Gasteiger partial charge in [0.15, 0.2) is 0 Å². The Labute approximate surface area is 126 Å². The molecular weight excluding hydrogens is 286 g/mol. The third-order valence-electron chi connectivity index (χ3n) is 5.85. The predicted octanol–water partition coefficient (Wildman–Crippen LogP) is 2.39. The maximum Gasteiger partial charge on any atom is 0.245 e. The van der Waals surface area contributed by atoms with Crippen molar-refractivity contribution in [2.45, 2.75) is 37.8 Å². The summed E-state index contributed by atoms with van der Waals surface area (Å²) >= 11 is 0. The van der Waals surface area contributed by atoms with Crippen LogP contribution in [0.4, 0.5) is 0 Å². The minimum atomic E-state index is -3.50. The first-order valence-electron chi connectivity index (χ1n) is 7.51. The van der Waals surface area contributed by atoms with E-state index in [9.17, 15) is 8.42 Å². The molecule has 5 heteroatoms. The summed E-state index contributed by atoms with van der Waals surface area (Å²) < 4.78 is 33.6. The second-order valence-corrected chi connectivity index (χ2v) is 9.09. The molecule has 1 aromatic carbocycles. The fraction of sp³-hybridized carbons (Fsp3) is 0.625. The van der Waals surface area contributed by atoms with Crippen molar-refractivity contribution in [3.63, 3.8) is 0 Å². The van der Waals surface area contributed by atoms with Gasteiger partial charge in [0.2, 0.25) is 10.0 Å². The Kier molecular flexibility index (Phi) is 2.54. The Morgan fingerprint density at radius 2 is 1.86 bits per heavy atom. The van der Waals surface area contributed by atoms with Gasteiger partial charge in [-0.2, -0.15) is 4.31 Å². The lowest BCUT2D eigenvalue weighted by molar-refractivity contribution is -0.154. The number of ether oxygens (including phenoxy) is 1. The van der Waals surface area contributed by atoms with Crippen molar-refractivity contribution in [1.29, 1.82) is 0 Å². The molecule has 0 aromatic heterocycles. The van der Waals surface area contributed by atoms with E-state index < -0.39 is 15.7 Å². The first-order chi connectivity index (χ1) is 9.77. The van der Waals surface area contributed by atoms with E-state index in [1.807, 2.05) is 26.0 Å². The SMILES string of the molecule is Cc1ccc(S(=O)(=O)N2CC3C4COC2(C)CC43C)cc1. The molecule has 4 rings (SSSR count). The van der Waals surface area contributed by atoms with Gasteiger partial charge in [0.25, 0.3) is 0 Å². The van der Waals surface area contributed by atoms with E-state index in [1.165, 1.54) is 0 Å². The van der Waals surface area contributed by atoms with Crippen LogP contribution in [-0.4, -0.2) is 31.6 Å². The Morgan fingerprint density at radius 3 is 2.52 bits per heavy atom. The lowest BCUT2D eigenvalue weighted by atomic mass is 9.88. The van der Waals surface area contributed by atoms with Gasteiger partial charge in [-0.3, -0.25) is 0 Å². The van der Waals surface area contributed by atoms with E-state index in [0.29, 0.717) is 29.9 Å². The van der Waals surface area contributed by atoms with Crippen molar-refractivity contribution in [2.24, 2.45) is 17.3 Å². The van der Waals surface area contributed by atoms with Crippen LogP contribution >= 0.6 is 0 Å². The van der Waals surface area contributed by atoms with Gasteiger partial charge in [0, 0.05) is 6.54 Å². The van der Waals surface area contributed by atoms with Gasteiger partial charge in [-0.1, -0.05) is 24.6 Å². The standard InChI is InChI=1S/C16H21NO3S/c1-11-4-6-12(7-5-11)21(18,19)17-8-13-14-9-20-16(17,3)10-15(13,14)2/h4-7,13-14H,8-10H2,1-3H3. The Morgan fingerprint density at radius 1 is 1.19 bits per heavy atom. The zero-order chi connectivity index (χ0) is 15.0. The van der Waals surface area contributed by atoms with E-state index in [4.69, 9.17) is 4.74 Å². The lowest BCUT2D eigenvalue weighted by Crippen LogP contribution is -2.56. The maximum atomic E-state index is 13.0. The highest BCUT2D eigenvalue weighted by atomic mass is 32.2. The Balaban J connectivity index is 1.74. The van der Waals surface area contributed by atoms with Crippen LogP contribution in [0.25, 0.3) is 0 Å². The second-order valence-electron chi connectivity index (χ2n) is 7.23. The molecular formula is C16H21NO3S. The van der Waals surface area contributed by atoms with Crippen LogP contribution in [0.1, 0.15) is 25.8 Å². The van der Waals surface area contributed by atoms with E-state index in [0.717, 1.165) is 12.0 Å². The second kappa shape index (κ2) is 3.89. The molecule has 4 unspecified atom stereocenters. The van der Waals surface area contributed by atoms with Crippen molar-refractivity contribution in [3.05, 3.63) is 29.8 Å². The average Bonchev–Trinajstić information content (AvgIpc) is 3.04. The molecule has 114 valence electrons. The number of benzene rings is 1. The number of piperidine rings is 1. The summed E-state index contributed by atoms with van der Waals surface area (Å²) in [6.45, 7) is 7.44. The van der Waals surface area contributed by atoms with Crippen LogP contribution in [0.3, 0.4) is 0 Å². The summed E-state index contributed by atoms with van der Waals surface area (Å²) in [6, 6.07) is 7.08. The molecule has 0 N–H and O–H groups in total. The van der Waals surface area contributed by atoms with Crippen molar-refractivity contribution >= 4 is 10.0 Å². The van der Waals surface area contributed by atoms with E-state index >= 15 is 0 Å². The number of fused-ring (bicyclic) bond motifs is 2. The first kappa shape index (κ1) is 13.7. The molecule has 4 atom stereocenters. The number of aryl methyl sites for hydroxylation is 1. The molecule has 2 saturated heterocycles. The van der Waals surface area contributed by atoms with Crippen molar-refractivity contribution in [2.75, 3.05) is 13.2 Å². The van der Waals surface area contributed by atoms with Crippen LogP contribution < -0.4 is 0 Å². The third-order valence-corrected chi connectivity index (χ3v) is 7.84. The summed E-state index contributed by atoms with van der Waals surface area (Å²) in [7, 11) is -3.50. The molecule has 2 bridgehead atoms. The molecule has 2 aliphatic heterocycles. The van der Waals surface area contributed by atoms with Gasteiger partial charge in [-0.15, -0.1) is 0 Å². The molecule has 21 heavy (non-hydrogen) atoms. The maximum absolute atomic E-state index is 13.0. The van der Waals surface area contributed by atoms with Crippen LogP contribution in [0, 0.1) is 24.2 Å². The highest BCUT2D eigenvalue weighted by molar-refractivity contribution is 7.89. The Hall–Kier alpha value is -0.910. The Bertz CT molecular complexity index is 699. The lowest BCUT2D eigenvalue weighted by Gasteiger charge is -2.46. The molecule has 3 fully saturated rings. The summed E-state index contributed by atoms with van der Waals surface area (Å²) in [6.07, 6.45) is 0.806. The summed E-state index contributed by atoms with van der Waals surface area (Å²) in [4.78, 5) is 0.366. The van der Waals surface area contributed by atoms with Gasteiger partial charge in [-0.05, 0) is 49.7 Å². The van der Waals surface area contributed by atoms with Gasteiger partial charge >= 0.3 is 0 Å². The van der Waals surface area contributed by atoms with E-state index in [2.05, 4.69) is 6.92 Å². The van der Waals surface area contributed by atoms with Crippen LogP contribution in [0.5, 0.6) is 0 Å². The number of nitrogens with zero attached hydrogens (tertiary/aromatic N) is 1. The summed E-state index contributed by atoms with van der Waals surface area (Å²) in [5.41, 5.74) is 0.652. The zero-order valence-electron chi connectivity index (χ0n) is 12.7. The minimum Gasteiger partial charge on any atom is -0.359 e. The fourth-order valence-electron chi connectivity index (χ4n) is 4.42. The molecule has 4 nitrogen and oxygen atoms in total. The number of hydrogen-bond acceptors (Lipinski definition) is 3. The molecule has 3 aliphatic rings. The van der Waals surface area contributed by atoms with Crippen molar-refractivity contribution in [3.8, 4) is 0 Å². The molecule has 1 aromatic rings. The van der Waals surface area contributed by atoms with Gasteiger partial charge in [0.1, 0.15) is 5.72 Å². The largest absolute Gasteiger partial charge is 0.359 e. The number of sulfonamides is 1. The topological polar surface area (TPSA) is 46.6 Å². The summed E-state index contributed by atoms with van der Waals surface area (Å²) in [5, 5.41) is 0. The number of hydrogen-bond donors (Lipinski definition) is 0. The smallest absolute Gasteiger partial charge is 0.245 e. The molecule has 2 heterocycles. The first-order valence-corrected chi connectivity index (χ1v) is 8.95. The van der Waals surface area contributed by atoms with Gasteiger partial charge < -0.3 is 4.74 Å². The van der Waals surface area contributed by atoms with E-state index in [1.54, 1.807) is 16.4 Å². The van der Waals surface area contributed by atoms with E-state index in [-0.39, 0.29) is 5.41 Å². The number of rotatable bonds is 2. The normalized spacial score (nSPS) is 41.9. The highest BCUT2D eigenvalue weighted by Crippen LogP contribution is 2.69. The van der Waals surface area contributed by atoms with Crippen molar-refractivity contribution < 1.29 is 13.2 Å². The van der Waals surface area contributed by atoms with Crippen LogP contribution in [0.2, 0.25) is 0 Å². The minimum absolute atomic E-state index is 0.284. The molecule has 1 aliphatic carbocycles. The summed E-state index contributed by atoms with van der Waals surface area (Å²) in [5.74, 6) is 0.983. The molecule has 0 amide bonds. The fourth-order valence-corrected chi connectivity index (χ4v) is 6.13. The van der Waals surface area contributed by atoms with Crippen molar-refractivity contribution in [1.82, 2.24) is 4.31 Å². The molecule has 0 spiro atoms.